The van der Waals surface area contributed by atoms with Crippen molar-refractivity contribution in [1.82, 2.24) is 35.4 Å². The Morgan fingerprint density at radius 1 is 1.19 bits per heavy atom. The van der Waals surface area contributed by atoms with Gasteiger partial charge in [-0.1, -0.05) is 19.3 Å². The van der Waals surface area contributed by atoms with E-state index < -0.39 is 0 Å². The number of amides is 2. The molecule has 0 aliphatic heterocycles. The summed E-state index contributed by atoms with van der Waals surface area (Å²) in [6, 6.07) is -0.116. The zero-order valence-electron chi connectivity index (χ0n) is 15.3. The van der Waals surface area contributed by atoms with Crippen molar-refractivity contribution in [1.29, 1.82) is 0 Å². The summed E-state index contributed by atoms with van der Waals surface area (Å²) in [5.41, 5.74) is 0.288. The number of carbonyl (C=O) groups is 2. The number of rotatable bonds is 8. The number of carbonyl (C=O) groups excluding carboxylic acids is 2. The highest BCUT2D eigenvalue weighted by atomic mass is 16.2. The Labute approximate surface area is 158 Å². The van der Waals surface area contributed by atoms with E-state index in [0.29, 0.717) is 25.4 Å². The molecule has 144 valence electrons. The van der Waals surface area contributed by atoms with Crippen LogP contribution < -0.4 is 10.6 Å². The SMILES string of the molecule is O=C(CCn1cncn1)NCC(NC(=O)c1cnccn1)C1CCCCC1. The summed E-state index contributed by atoms with van der Waals surface area (Å²) in [5, 5.41) is 9.98. The number of aromatic nitrogens is 5. The monoisotopic (exact) mass is 371 g/mol. The molecule has 1 aliphatic carbocycles. The number of nitrogens with one attached hydrogen (secondary N) is 2. The molecular formula is C18H25N7O2. The first-order valence-electron chi connectivity index (χ1n) is 9.38. The van der Waals surface area contributed by atoms with E-state index in [4.69, 9.17) is 0 Å². The minimum atomic E-state index is -0.254. The Balaban J connectivity index is 1.54. The first kappa shape index (κ1) is 18.9. The van der Waals surface area contributed by atoms with Crippen LogP contribution in [0, 0.1) is 5.92 Å². The molecule has 3 rings (SSSR count). The molecule has 27 heavy (non-hydrogen) atoms. The second-order valence-corrected chi connectivity index (χ2v) is 6.78. The highest BCUT2D eigenvalue weighted by molar-refractivity contribution is 5.92. The van der Waals surface area contributed by atoms with Crippen LogP contribution in [-0.4, -0.2) is 49.1 Å². The van der Waals surface area contributed by atoms with Crippen molar-refractivity contribution in [3.05, 3.63) is 36.9 Å². The van der Waals surface area contributed by atoms with Crippen molar-refractivity contribution >= 4 is 11.8 Å². The van der Waals surface area contributed by atoms with E-state index >= 15 is 0 Å². The fraction of sp³-hybridized carbons (Fsp3) is 0.556. The number of hydrogen-bond acceptors (Lipinski definition) is 6. The minimum Gasteiger partial charge on any atom is -0.354 e. The van der Waals surface area contributed by atoms with Gasteiger partial charge in [-0.15, -0.1) is 0 Å². The second kappa shape index (κ2) is 9.75. The Hall–Kier alpha value is -2.84. The van der Waals surface area contributed by atoms with E-state index in [0.717, 1.165) is 25.7 Å². The molecule has 2 aromatic heterocycles. The number of hydrogen-bond donors (Lipinski definition) is 2. The lowest BCUT2D eigenvalue weighted by molar-refractivity contribution is -0.121. The molecule has 1 fully saturated rings. The van der Waals surface area contributed by atoms with E-state index in [-0.39, 0.29) is 23.6 Å². The molecule has 2 amide bonds. The molecule has 2 aromatic rings. The van der Waals surface area contributed by atoms with Gasteiger partial charge in [0.2, 0.25) is 5.91 Å². The van der Waals surface area contributed by atoms with E-state index in [2.05, 4.69) is 30.7 Å². The predicted molar refractivity (Wildman–Crippen MR) is 97.5 cm³/mol. The summed E-state index contributed by atoms with van der Waals surface area (Å²) in [5.74, 6) is 0.0329. The van der Waals surface area contributed by atoms with Crippen molar-refractivity contribution in [3.63, 3.8) is 0 Å². The molecule has 1 aliphatic rings. The Bertz CT molecular complexity index is 715. The van der Waals surface area contributed by atoms with Crippen LogP contribution in [0.3, 0.4) is 0 Å². The standard InChI is InChI=1S/C18H25N7O2/c26-17(6-9-25-13-20-12-23-25)22-11-15(14-4-2-1-3-5-14)24-18(27)16-10-19-7-8-21-16/h7-8,10,12-15H,1-6,9,11H2,(H,22,26)(H,24,27). The lowest BCUT2D eigenvalue weighted by atomic mass is 9.83. The van der Waals surface area contributed by atoms with Gasteiger partial charge in [-0.05, 0) is 18.8 Å². The van der Waals surface area contributed by atoms with Gasteiger partial charge in [0.05, 0.1) is 12.7 Å². The van der Waals surface area contributed by atoms with Crippen molar-refractivity contribution in [3.8, 4) is 0 Å². The first-order chi connectivity index (χ1) is 13.2. The van der Waals surface area contributed by atoms with Crippen LogP contribution >= 0.6 is 0 Å². The van der Waals surface area contributed by atoms with Crippen LogP contribution in [-0.2, 0) is 11.3 Å². The molecule has 2 N–H and O–H groups in total. The molecule has 2 heterocycles. The van der Waals surface area contributed by atoms with Crippen LogP contribution in [0.2, 0.25) is 0 Å². The third-order valence-corrected chi connectivity index (χ3v) is 4.88. The normalized spacial score (nSPS) is 15.9. The van der Waals surface area contributed by atoms with Gasteiger partial charge in [-0.25, -0.2) is 9.97 Å². The molecule has 9 heteroatoms. The van der Waals surface area contributed by atoms with E-state index in [1.54, 1.807) is 11.0 Å². The maximum atomic E-state index is 12.5. The predicted octanol–water partition coefficient (Wildman–Crippen LogP) is 0.953. The van der Waals surface area contributed by atoms with Gasteiger partial charge >= 0.3 is 0 Å². The molecule has 9 nitrogen and oxygen atoms in total. The average molecular weight is 371 g/mol. The van der Waals surface area contributed by atoms with Gasteiger partial charge in [0.25, 0.3) is 5.91 Å². The largest absolute Gasteiger partial charge is 0.354 e. The second-order valence-electron chi connectivity index (χ2n) is 6.78. The van der Waals surface area contributed by atoms with Crippen LogP contribution in [0.25, 0.3) is 0 Å². The summed E-state index contributed by atoms with van der Waals surface area (Å²) in [6.07, 6.45) is 13.5. The van der Waals surface area contributed by atoms with E-state index in [1.807, 2.05) is 0 Å². The summed E-state index contributed by atoms with van der Waals surface area (Å²) >= 11 is 0. The van der Waals surface area contributed by atoms with Crippen LogP contribution in [0.4, 0.5) is 0 Å². The minimum absolute atomic E-state index is 0.0694. The molecule has 0 bridgehead atoms. The zero-order valence-corrected chi connectivity index (χ0v) is 15.3. The summed E-state index contributed by atoms with van der Waals surface area (Å²) in [6.45, 7) is 0.888. The fourth-order valence-electron chi connectivity index (χ4n) is 3.41. The third kappa shape index (κ3) is 5.83. The average Bonchev–Trinajstić information content (AvgIpc) is 3.24. The van der Waals surface area contributed by atoms with Crippen LogP contribution in [0.5, 0.6) is 0 Å². The smallest absolute Gasteiger partial charge is 0.271 e. The van der Waals surface area contributed by atoms with E-state index in [1.165, 1.54) is 31.3 Å². The lowest BCUT2D eigenvalue weighted by Crippen LogP contribution is -2.48. The highest BCUT2D eigenvalue weighted by Crippen LogP contribution is 2.26. The van der Waals surface area contributed by atoms with Gasteiger partial charge in [-0.3, -0.25) is 19.3 Å². The molecule has 1 unspecified atom stereocenters. The molecule has 0 saturated heterocycles. The summed E-state index contributed by atoms with van der Waals surface area (Å²) in [4.78, 5) is 36.5. The number of nitrogens with zero attached hydrogens (tertiary/aromatic N) is 5. The molecule has 0 radical (unpaired) electrons. The third-order valence-electron chi connectivity index (χ3n) is 4.88. The van der Waals surface area contributed by atoms with Crippen molar-refractivity contribution < 1.29 is 9.59 Å². The quantitative estimate of drug-likeness (QED) is 0.714. The topological polar surface area (TPSA) is 115 Å². The Morgan fingerprint density at radius 3 is 2.74 bits per heavy atom. The summed E-state index contributed by atoms with van der Waals surface area (Å²) in [7, 11) is 0. The summed E-state index contributed by atoms with van der Waals surface area (Å²) < 4.78 is 1.62. The lowest BCUT2D eigenvalue weighted by Gasteiger charge is -2.31. The molecule has 0 aromatic carbocycles. The van der Waals surface area contributed by atoms with Crippen LogP contribution in [0.1, 0.15) is 49.0 Å². The fourth-order valence-corrected chi connectivity index (χ4v) is 3.41. The molecule has 1 atom stereocenters. The number of aryl methyl sites for hydroxylation is 1. The molecular weight excluding hydrogens is 346 g/mol. The van der Waals surface area contributed by atoms with Crippen LogP contribution in [0.15, 0.2) is 31.2 Å². The maximum Gasteiger partial charge on any atom is 0.271 e. The maximum absolute atomic E-state index is 12.5. The van der Waals surface area contributed by atoms with Gasteiger partial charge < -0.3 is 10.6 Å². The van der Waals surface area contributed by atoms with Gasteiger partial charge in [-0.2, -0.15) is 5.10 Å². The van der Waals surface area contributed by atoms with Gasteiger partial charge in [0, 0.05) is 31.4 Å². The van der Waals surface area contributed by atoms with Crippen molar-refractivity contribution in [2.75, 3.05) is 6.54 Å². The van der Waals surface area contributed by atoms with Crippen molar-refractivity contribution in [2.24, 2.45) is 5.92 Å². The molecule has 0 spiro atoms. The Kier molecular flexibility index (Phi) is 6.84. The first-order valence-corrected chi connectivity index (χ1v) is 9.38. The van der Waals surface area contributed by atoms with E-state index in [9.17, 15) is 9.59 Å². The van der Waals surface area contributed by atoms with Crippen molar-refractivity contribution in [2.45, 2.75) is 51.1 Å². The Morgan fingerprint density at radius 2 is 2.04 bits per heavy atom. The zero-order chi connectivity index (χ0) is 18.9. The highest BCUT2D eigenvalue weighted by Gasteiger charge is 2.26. The van der Waals surface area contributed by atoms with Gasteiger partial charge in [0.1, 0.15) is 18.3 Å². The molecule has 1 saturated carbocycles. The van der Waals surface area contributed by atoms with Gasteiger partial charge in [0.15, 0.2) is 0 Å².